The molecule has 0 unspecified atom stereocenters. The fraction of sp³-hybridized carbons (Fsp3) is 0.312. The number of aromatic nitrogens is 2. The average Bonchev–Trinajstić information content (AvgIpc) is 2.46. The molecule has 0 saturated heterocycles. The predicted octanol–water partition coefficient (Wildman–Crippen LogP) is 3.25. The highest BCUT2D eigenvalue weighted by Gasteiger charge is 2.16. The van der Waals surface area contributed by atoms with E-state index in [1.54, 1.807) is 10.6 Å². The molecule has 3 rings (SSSR count). The minimum absolute atomic E-state index is 0.0327. The summed E-state index contributed by atoms with van der Waals surface area (Å²) in [5.74, 6) is 0.660. The van der Waals surface area contributed by atoms with Gasteiger partial charge in [0.15, 0.2) is 0 Å². The Morgan fingerprint density at radius 3 is 2.71 bits per heavy atom. The van der Waals surface area contributed by atoms with Gasteiger partial charge in [-0.3, -0.25) is 14.2 Å². The highest BCUT2D eigenvalue weighted by Crippen LogP contribution is 2.22. The van der Waals surface area contributed by atoms with Crippen molar-refractivity contribution in [1.82, 2.24) is 9.55 Å². The Balaban J connectivity index is 2.54. The highest BCUT2D eigenvalue weighted by molar-refractivity contribution is 7.24. The molecule has 0 bridgehead atoms. The van der Waals surface area contributed by atoms with Crippen molar-refractivity contribution in [3.63, 3.8) is 0 Å². The van der Waals surface area contributed by atoms with E-state index in [1.165, 1.54) is 11.3 Å². The van der Waals surface area contributed by atoms with Gasteiger partial charge in [-0.15, -0.1) is 11.3 Å². The molecule has 0 N–H and O–H groups in total. The van der Waals surface area contributed by atoms with Crippen LogP contribution in [0.25, 0.3) is 20.3 Å². The van der Waals surface area contributed by atoms with Crippen LogP contribution >= 0.6 is 11.3 Å². The van der Waals surface area contributed by atoms with Crippen LogP contribution in [-0.4, -0.2) is 9.55 Å². The van der Waals surface area contributed by atoms with Crippen molar-refractivity contribution in [2.75, 3.05) is 0 Å². The van der Waals surface area contributed by atoms with E-state index < -0.39 is 0 Å². The van der Waals surface area contributed by atoms with E-state index in [1.807, 2.05) is 39.0 Å². The SMILES string of the molecule is CC[C@H](C)n1c(C)nc2sc3ccccc3c(=O)c2c1=O. The fourth-order valence-electron chi connectivity index (χ4n) is 2.57. The normalized spacial score (nSPS) is 12.9. The largest absolute Gasteiger partial charge is 0.293 e. The average molecular weight is 300 g/mol. The quantitative estimate of drug-likeness (QED) is 0.683. The summed E-state index contributed by atoms with van der Waals surface area (Å²) in [6.07, 6.45) is 0.819. The summed E-state index contributed by atoms with van der Waals surface area (Å²) in [7, 11) is 0. The van der Waals surface area contributed by atoms with Crippen molar-refractivity contribution >= 4 is 31.6 Å². The maximum absolute atomic E-state index is 12.7. The molecule has 0 radical (unpaired) electrons. The van der Waals surface area contributed by atoms with E-state index in [2.05, 4.69) is 4.98 Å². The molecule has 0 aliphatic carbocycles. The Morgan fingerprint density at radius 2 is 2.00 bits per heavy atom. The molecule has 2 heterocycles. The van der Waals surface area contributed by atoms with E-state index in [0.29, 0.717) is 16.0 Å². The lowest BCUT2D eigenvalue weighted by molar-refractivity contribution is 0.497. The summed E-state index contributed by atoms with van der Waals surface area (Å²) in [6.45, 7) is 5.80. The van der Waals surface area contributed by atoms with E-state index in [-0.39, 0.29) is 22.4 Å². The number of aryl methyl sites for hydroxylation is 1. The standard InChI is InChI=1S/C16H16N2O2S/c1-4-9(2)18-10(3)17-15-13(16(18)20)14(19)11-7-5-6-8-12(11)21-15/h5-9H,4H2,1-3H3/t9-/m0/s1. The Bertz CT molecular complexity index is 956. The van der Waals surface area contributed by atoms with Gasteiger partial charge in [0, 0.05) is 16.1 Å². The lowest BCUT2D eigenvalue weighted by Crippen LogP contribution is -2.29. The van der Waals surface area contributed by atoms with Crippen LogP contribution in [-0.2, 0) is 0 Å². The van der Waals surface area contributed by atoms with Gasteiger partial charge in [0.2, 0.25) is 5.43 Å². The van der Waals surface area contributed by atoms with E-state index >= 15 is 0 Å². The second-order valence-electron chi connectivity index (χ2n) is 5.20. The number of benzene rings is 1. The van der Waals surface area contributed by atoms with Crippen LogP contribution in [0, 0.1) is 6.92 Å². The number of hydrogen-bond donors (Lipinski definition) is 0. The smallest absolute Gasteiger partial charge is 0.266 e. The molecular formula is C16H16N2O2S. The van der Waals surface area contributed by atoms with Crippen LogP contribution in [0.4, 0.5) is 0 Å². The summed E-state index contributed by atoms with van der Waals surface area (Å²) >= 11 is 1.40. The lowest BCUT2D eigenvalue weighted by Gasteiger charge is -2.16. The lowest BCUT2D eigenvalue weighted by atomic mass is 10.2. The second kappa shape index (κ2) is 5.07. The highest BCUT2D eigenvalue weighted by atomic mass is 32.1. The van der Waals surface area contributed by atoms with Crippen LogP contribution in [0.1, 0.15) is 32.1 Å². The van der Waals surface area contributed by atoms with Crippen LogP contribution in [0.2, 0.25) is 0 Å². The molecular weight excluding hydrogens is 284 g/mol. The Labute approximate surface area is 125 Å². The summed E-state index contributed by atoms with van der Waals surface area (Å²) in [5.41, 5.74) is -0.437. The molecule has 4 nitrogen and oxygen atoms in total. The zero-order valence-corrected chi connectivity index (χ0v) is 13.0. The first kappa shape index (κ1) is 13.9. The van der Waals surface area contributed by atoms with Gasteiger partial charge in [-0.1, -0.05) is 19.1 Å². The van der Waals surface area contributed by atoms with Crippen LogP contribution < -0.4 is 11.0 Å². The molecule has 0 fully saturated rings. The molecule has 2 aromatic heterocycles. The van der Waals surface area contributed by atoms with Crippen molar-refractivity contribution in [1.29, 1.82) is 0 Å². The number of nitrogens with zero attached hydrogens (tertiary/aromatic N) is 2. The predicted molar refractivity (Wildman–Crippen MR) is 87.4 cm³/mol. The zero-order chi connectivity index (χ0) is 15.1. The molecule has 21 heavy (non-hydrogen) atoms. The van der Waals surface area contributed by atoms with Gasteiger partial charge in [-0.05, 0) is 32.4 Å². The van der Waals surface area contributed by atoms with Crippen molar-refractivity contribution in [2.24, 2.45) is 0 Å². The molecule has 1 aromatic carbocycles. The third kappa shape index (κ3) is 2.08. The topological polar surface area (TPSA) is 52.0 Å². The number of fused-ring (bicyclic) bond motifs is 2. The first-order valence-electron chi connectivity index (χ1n) is 6.99. The summed E-state index contributed by atoms with van der Waals surface area (Å²) < 4.78 is 2.49. The summed E-state index contributed by atoms with van der Waals surface area (Å²) in [4.78, 5) is 30.4. The van der Waals surface area contributed by atoms with Crippen molar-refractivity contribution in [3.8, 4) is 0 Å². The van der Waals surface area contributed by atoms with E-state index in [0.717, 1.165) is 11.1 Å². The van der Waals surface area contributed by atoms with Gasteiger partial charge in [-0.2, -0.15) is 0 Å². The van der Waals surface area contributed by atoms with Gasteiger partial charge in [0.1, 0.15) is 16.0 Å². The van der Waals surface area contributed by atoms with Gasteiger partial charge in [0.25, 0.3) is 5.56 Å². The van der Waals surface area contributed by atoms with Crippen molar-refractivity contribution in [2.45, 2.75) is 33.2 Å². The first-order chi connectivity index (χ1) is 10.0. The maximum Gasteiger partial charge on any atom is 0.266 e. The Hall–Kier alpha value is -2.01. The van der Waals surface area contributed by atoms with Crippen LogP contribution in [0.5, 0.6) is 0 Å². The second-order valence-corrected chi connectivity index (χ2v) is 6.23. The first-order valence-corrected chi connectivity index (χ1v) is 7.81. The fourth-order valence-corrected chi connectivity index (χ4v) is 3.65. The molecule has 0 amide bonds. The zero-order valence-electron chi connectivity index (χ0n) is 12.2. The molecule has 0 spiro atoms. The summed E-state index contributed by atoms with van der Waals surface area (Å²) in [6, 6.07) is 7.39. The van der Waals surface area contributed by atoms with E-state index in [9.17, 15) is 9.59 Å². The van der Waals surface area contributed by atoms with Crippen LogP contribution in [0.15, 0.2) is 33.9 Å². The van der Waals surface area contributed by atoms with E-state index in [4.69, 9.17) is 0 Å². The molecule has 108 valence electrons. The summed E-state index contributed by atoms with van der Waals surface area (Å²) in [5, 5.41) is 0.804. The third-order valence-electron chi connectivity index (χ3n) is 3.86. The molecule has 0 aliphatic heterocycles. The van der Waals surface area contributed by atoms with Crippen molar-refractivity contribution in [3.05, 3.63) is 50.7 Å². The van der Waals surface area contributed by atoms with Gasteiger partial charge in [0.05, 0.1) is 0 Å². The minimum atomic E-state index is -0.223. The molecule has 0 aliphatic rings. The van der Waals surface area contributed by atoms with Gasteiger partial charge in [-0.25, -0.2) is 4.98 Å². The Kier molecular flexibility index (Phi) is 3.37. The monoisotopic (exact) mass is 300 g/mol. The van der Waals surface area contributed by atoms with Gasteiger partial charge >= 0.3 is 0 Å². The maximum atomic E-state index is 12.7. The van der Waals surface area contributed by atoms with Crippen molar-refractivity contribution < 1.29 is 0 Å². The Morgan fingerprint density at radius 1 is 1.29 bits per heavy atom. The molecule has 5 heteroatoms. The minimum Gasteiger partial charge on any atom is -0.293 e. The third-order valence-corrected chi connectivity index (χ3v) is 4.92. The number of hydrogen-bond acceptors (Lipinski definition) is 4. The number of rotatable bonds is 2. The molecule has 1 atom stereocenters. The molecule has 0 saturated carbocycles. The van der Waals surface area contributed by atoms with Gasteiger partial charge < -0.3 is 0 Å². The van der Waals surface area contributed by atoms with Crippen LogP contribution in [0.3, 0.4) is 0 Å². The molecule has 3 aromatic rings.